The lowest BCUT2D eigenvalue weighted by Gasteiger charge is -2.29. The summed E-state index contributed by atoms with van der Waals surface area (Å²) in [6, 6.07) is 15.6. The third-order valence-corrected chi connectivity index (χ3v) is 6.01. The molecule has 0 radical (unpaired) electrons. The molecule has 0 spiro atoms. The predicted octanol–water partition coefficient (Wildman–Crippen LogP) is 2.72. The monoisotopic (exact) mass is 458 g/mol. The van der Waals surface area contributed by atoms with E-state index in [0.29, 0.717) is 29.6 Å². The molecule has 5 rings (SSSR count). The highest BCUT2D eigenvalue weighted by atomic mass is 16.5. The summed E-state index contributed by atoms with van der Waals surface area (Å²) >= 11 is 0. The lowest BCUT2D eigenvalue weighted by Crippen LogP contribution is -2.35. The zero-order chi connectivity index (χ0) is 23.8. The van der Waals surface area contributed by atoms with Crippen LogP contribution < -0.4 is 20.6 Å². The van der Waals surface area contributed by atoms with E-state index in [1.165, 1.54) is 20.2 Å². The standard InChI is InChI=1S/C25H26N6O3/c1-16-8-9-21(34-3)20(12-16)27-23(32)15-30-25(33)31-22(28-30)13-17(2)26-24(31)29-11-10-18-6-4-5-7-19(18)14-29/h4-9,12-13H,10-11,14-15H2,1-3H3,(H,27,32). The molecule has 1 amide bonds. The van der Waals surface area contributed by atoms with Crippen LogP contribution in [0.25, 0.3) is 5.65 Å². The van der Waals surface area contributed by atoms with Gasteiger partial charge in [0, 0.05) is 24.8 Å². The number of carbonyl (C=O) groups is 1. The number of carbonyl (C=O) groups excluding carboxylic acids is 1. The van der Waals surface area contributed by atoms with E-state index in [0.717, 1.165) is 24.2 Å². The number of anilines is 2. The number of nitrogens with zero attached hydrogens (tertiary/aromatic N) is 5. The fraction of sp³-hybridized carbons (Fsp3) is 0.280. The van der Waals surface area contributed by atoms with Crippen LogP contribution in [0.15, 0.2) is 53.3 Å². The van der Waals surface area contributed by atoms with Crippen molar-refractivity contribution >= 4 is 23.2 Å². The van der Waals surface area contributed by atoms with Crippen LogP contribution in [0.5, 0.6) is 5.75 Å². The van der Waals surface area contributed by atoms with Crippen LogP contribution in [0.4, 0.5) is 11.6 Å². The Labute approximate surface area is 196 Å². The van der Waals surface area contributed by atoms with Crippen molar-refractivity contribution in [2.45, 2.75) is 33.4 Å². The first-order valence-corrected chi connectivity index (χ1v) is 11.2. The number of amides is 1. The Morgan fingerprint density at radius 2 is 1.91 bits per heavy atom. The quantitative estimate of drug-likeness (QED) is 0.494. The molecule has 34 heavy (non-hydrogen) atoms. The van der Waals surface area contributed by atoms with E-state index >= 15 is 0 Å². The van der Waals surface area contributed by atoms with Crippen molar-refractivity contribution in [1.82, 2.24) is 19.2 Å². The number of methoxy groups -OCH3 is 1. The molecule has 2 aromatic heterocycles. The Balaban J connectivity index is 1.45. The number of aromatic nitrogens is 4. The van der Waals surface area contributed by atoms with Crippen molar-refractivity contribution in [1.29, 1.82) is 0 Å². The minimum atomic E-state index is -0.400. The fourth-order valence-electron chi connectivity index (χ4n) is 4.36. The smallest absolute Gasteiger partial charge is 0.353 e. The van der Waals surface area contributed by atoms with E-state index in [4.69, 9.17) is 4.74 Å². The fourth-order valence-corrected chi connectivity index (χ4v) is 4.36. The Morgan fingerprint density at radius 1 is 1.12 bits per heavy atom. The summed E-state index contributed by atoms with van der Waals surface area (Å²) < 4.78 is 7.99. The summed E-state index contributed by atoms with van der Waals surface area (Å²) in [5.74, 6) is 0.725. The van der Waals surface area contributed by atoms with Crippen LogP contribution in [-0.2, 0) is 24.3 Å². The van der Waals surface area contributed by atoms with Crippen LogP contribution in [0.1, 0.15) is 22.4 Å². The lowest BCUT2D eigenvalue weighted by molar-refractivity contribution is -0.117. The van der Waals surface area contributed by atoms with Gasteiger partial charge in [0.25, 0.3) is 0 Å². The first-order chi connectivity index (χ1) is 16.4. The number of nitrogens with one attached hydrogen (secondary N) is 1. The largest absolute Gasteiger partial charge is 0.495 e. The minimum Gasteiger partial charge on any atom is -0.495 e. The zero-order valence-corrected chi connectivity index (χ0v) is 19.4. The molecule has 174 valence electrons. The van der Waals surface area contributed by atoms with Gasteiger partial charge in [-0.1, -0.05) is 30.3 Å². The lowest BCUT2D eigenvalue weighted by atomic mass is 10.0. The molecule has 0 fully saturated rings. The van der Waals surface area contributed by atoms with Gasteiger partial charge in [0.15, 0.2) is 5.65 Å². The normalized spacial score (nSPS) is 13.1. The van der Waals surface area contributed by atoms with E-state index in [2.05, 4.69) is 32.4 Å². The Kier molecular flexibility index (Phi) is 5.53. The highest BCUT2D eigenvalue weighted by Gasteiger charge is 2.23. The van der Waals surface area contributed by atoms with E-state index in [-0.39, 0.29) is 12.5 Å². The maximum atomic E-state index is 13.3. The molecule has 0 saturated heterocycles. The number of fused-ring (bicyclic) bond motifs is 2. The molecule has 0 unspecified atom stereocenters. The topological polar surface area (TPSA) is 93.8 Å². The molecule has 4 aromatic rings. The molecular formula is C25H26N6O3. The van der Waals surface area contributed by atoms with Crippen molar-refractivity contribution in [3.8, 4) is 5.75 Å². The summed E-state index contributed by atoms with van der Waals surface area (Å²) in [5, 5.41) is 7.25. The molecule has 9 heteroatoms. The van der Waals surface area contributed by atoms with Crippen molar-refractivity contribution in [3.63, 3.8) is 0 Å². The van der Waals surface area contributed by atoms with E-state index in [1.54, 1.807) is 19.2 Å². The predicted molar refractivity (Wildman–Crippen MR) is 130 cm³/mol. The zero-order valence-electron chi connectivity index (χ0n) is 19.4. The van der Waals surface area contributed by atoms with Gasteiger partial charge in [0.05, 0.1) is 12.8 Å². The first kappa shape index (κ1) is 21.7. The maximum Gasteiger partial charge on any atom is 0.353 e. The van der Waals surface area contributed by atoms with E-state index in [1.807, 2.05) is 38.1 Å². The molecule has 1 aliphatic rings. The SMILES string of the molecule is COc1ccc(C)cc1NC(=O)Cn1nc2cc(C)nc(N3CCc4ccccc4C3)n2c1=O. The van der Waals surface area contributed by atoms with Gasteiger partial charge < -0.3 is 15.0 Å². The number of benzene rings is 2. The molecule has 0 aliphatic carbocycles. The van der Waals surface area contributed by atoms with Crippen molar-refractivity contribution < 1.29 is 9.53 Å². The minimum absolute atomic E-state index is 0.223. The van der Waals surface area contributed by atoms with Gasteiger partial charge in [-0.15, -0.1) is 5.10 Å². The summed E-state index contributed by atoms with van der Waals surface area (Å²) in [5.41, 5.74) is 4.89. The van der Waals surface area contributed by atoms with Gasteiger partial charge in [0.2, 0.25) is 11.9 Å². The van der Waals surface area contributed by atoms with Crippen molar-refractivity contribution in [2.75, 3.05) is 23.9 Å². The molecule has 1 N–H and O–H groups in total. The van der Waals surface area contributed by atoms with Crippen LogP contribution >= 0.6 is 0 Å². The Bertz CT molecular complexity index is 1460. The molecule has 0 atom stereocenters. The number of aryl methyl sites for hydroxylation is 2. The van der Waals surface area contributed by atoms with Crippen LogP contribution in [0, 0.1) is 13.8 Å². The summed E-state index contributed by atoms with van der Waals surface area (Å²) in [6.07, 6.45) is 0.872. The molecule has 1 aliphatic heterocycles. The second kappa shape index (κ2) is 8.66. The van der Waals surface area contributed by atoms with Crippen molar-refractivity contribution in [3.05, 3.63) is 81.4 Å². The summed E-state index contributed by atoms with van der Waals surface area (Å²) in [7, 11) is 1.54. The van der Waals surface area contributed by atoms with Gasteiger partial charge >= 0.3 is 5.69 Å². The Morgan fingerprint density at radius 3 is 2.71 bits per heavy atom. The molecular weight excluding hydrogens is 432 g/mol. The van der Waals surface area contributed by atoms with Gasteiger partial charge in [-0.3, -0.25) is 4.79 Å². The molecule has 9 nitrogen and oxygen atoms in total. The third-order valence-electron chi connectivity index (χ3n) is 6.01. The van der Waals surface area contributed by atoms with E-state index < -0.39 is 5.69 Å². The number of rotatable bonds is 5. The van der Waals surface area contributed by atoms with E-state index in [9.17, 15) is 9.59 Å². The van der Waals surface area contributed by atoms with Crippen LogP contribution in [0.3, 0.4) is 0 Å². The number of hydrogen-bond donors (Lipinski definition) is 1. The summed E-state index contributed by atoms with van der Waals surface area (Å²) in [4.78, 5) is 32.8. The first-order valence-electron chi connectivity index (χ1n) is 11.2. The highest BCUT2D eigenvalue weighted by Crippen LogP contribution is 2.25. The Hall–Kier alpha value is -4.14. The second-order valence-electron chi connectivity index (χ2n) is 8.52. The van der Waals surface area contributed by atoms with Crippen LogP contribution in [-0.4, -0.2) is 38.7 Å². The number of hydrogen-bond acceptors (Lipinski definition) is 6. The molecule has 0 bridgehead atoms. The van der Waals surface area contributed by atoms with Gasteiger partial charge in [-0.25, -0.2) is 18.9 Å². The highest BCUT2D eigenvalue weighted by molar-refractivity contribution is 5.92. The van der Waals surface area contributed by atoms with Crippen LogP contribution in [0.2, 0.25) is 0 Å². The van der Waals surface area contributed by atoms with Gasteiger partial charge in [-0.2, -0.15) is 0 Å². The average Bonchev–Trinajstić information content (AvgIpc) is 3.12. The van der Waals surface area contributed by atoms with Crippen molar-refractivity contribution in [2.24, 2.45) is 0 Å². The third kappa shape index (κ3) is 4.00. The molecule has 2 aromatic carbocycles. The van der Waals surface area contributed by atoms with Gasteiger partial charge in [-0.05, 0) is 49.1 Å². The maximum absolute atomic E-state index is 13.3. The number of ether oxygens (including phenoxy) is 1. The second-order valence-corrected chi connectivity index (χ2v) is 8.52. The van der Waals surface area contributed by atoms with Gasteiger partial charge in [0.1, 0.15) is 12.3 Å². The summed E-state index contributed by atoms with van der Waals surface area (Å²) in [6.45, 7) is 4.99. The molecule has 3 heterocycles. The molecule has 0 saturated carbocycles. The average molecular weight is 459 g/mol.